The monoisotopic (exact) mass is 233 g/mol. The highest BCUT2D eigenvalue weighted by Crippen LogP contribution is 2.17. The topological polar surface area (TPSA) is 17.8 Å². The van der Waals surface area contributed by atoms with Gasteiger partial charge in [-0.05, 0) is 23.3 Å². The summed E-state index contributed by atoms with van der Waals surface area (Å²) in [4.78, 5) is 0. The molecule has 3 rings (SSSR count). The molecule has 0 amide bonds. The molecule has 1 radical (unpaired) electrons. The van der Waals surface area contributed by atoms with Crippen molar-refractivity contribution in [3.8, 4) is 11.1 Å². The lowest BCUT2D eigenvalue weighted by Crippen LogP contribution is -1.99. The number of rotatable bonds is 3. The van der Waals surface area contributed by atoms with Crippen LogP contribution in [0.15, 0.2) is 67.0 Å². The van der Waals surface area contributed by atoms with E-state index in [0.29, 0.717) is 0 Å². The first kappa shape index (κ1) is 10.8. The normalized spacial score (nSPS) is 10.4. The molecule has 3 aromatic rings. The van der Waals surface area contributed by atoms with Crippen LogP contribution in [0.4, 0.5) is 0 Å². The van der Waals surface area contributed by atoms with E-state index in [1.807, 2.05) is 47.3 Å². The second-order valence-corrected chi connectivity index (χ2v) is 4.20. The Morgan fingerprint density at radius 2 is 1.89 bits per heavy atom. The molecule has 18 heavy (non-hydrogen) atoms. The summed E-state index contributed by atoms with van der Waals surface area (Å²) in [5.74, 6) is 0. The lowest BCUT2D eigenvalue weighted by Gasteiger charge is -2.00. The average Bonchev–Trinajstić information content (AvgIpc) is 2.89. The minimum atomic E-state index is 0.803. The molecule has 87 valence electrons. The van der Waals surface area contributed by atoms with Crippen LogP contribution in [0, 0.1) is 6.07 Å². The molecule has 2 aromatic carbocycles. The zero-order chi connectivity index (χ0) is 12.2. The maximum absolute atomic E-state index is 4.39. The summed E-state index contributed by atoms with van der Waals surface area (Å²) < 4.78 is 1.96. The lowest BCUT2D eigenvalue weighted by atomic mass is 10.1. The molecule has 0 aliphatic heterocycles. The van der Waals surface area contributed by atoms with Gasteiger partial charge in [0.1, 0.15) is 0 Å². The maximum Gasteiger partial charge on any atom is 0.0659 e. The van der Waals surface area contributed by atoms with Crippen LogP contribution >= 0.6 is 0 Å². The molecular formula is C16H13N2. The Balaban J connectivity index is 1.82. The molecule has 0 saturated carbocycles. The van der Waals surface area contributed by atoms with Crippen molar-refractivity contribution in [1.82, 2.24) is 9.78 Å². The summed E-state index contributed by atoms with van der Waals surface area (Å²) in [6.07, 6.45) is 3.96. The van der Waals surface area contributed by atoms with Gasteiger partial charge in [-0.25, -0.2) is 0 Å². The van der Waals surface area contributed by atoms with Gasteiger partial charge in [-0.3, -0.25) is 4.68 Å². The molecule has 2 nitrogen and oxygen atoms in total. The second kappa shape index (κ2) is 4.88. The number of nitrogens with zero attached hydrogens (tertiary/aromatic N) is 2. The van der Waals surface area contributed by atoms with E-state index < -0.39 is 0 Å². The highest BCUT2D eigenvalue weighted by Gasteiger charge is 2.01. The fourth-order valence-electron chi connectivity index (χ4n) is 1.94. The van der Waals surface area contributed by atoms with Crippen LogP contribution in [0.25, 0.3) is 11.1 Å². The van der Waals surface area contributed by atoms with Gasteiger partial charge in [-0.1, -0.05) is 48.5 Å². The molecule has 0 aliphatic rings. The SMILES string of the molecule is [c]1cccc(-c2cnn(Cc3ccccc3)c2)c1. The smallest absolute Gasteiger partial charge is 0.0659 e. The second-order valence-electron chi connectivity index (χ2n) is 4.20. The summed E-state index contributed by atoms with van der Waals surface area (Å²) >= 11 is 0. The van der Waals surface area contributed by atoms with Gasteiger partial charge in [0.25, 0.3) is 0 Å². The molecule has 0 fully saturated rings. The molecular weight excluding hydrogens is 220 g/mol. The van der Waals surface area contributed by atoms with Crippen LogP contribution < -0.4 is 0 Å². The van der Waals surface area contributed by atoms with E-state index in [2.05, 4.69) is 35.6 Å². The summed E-state index contributed by atoms with van der Waals surface area (Å²) in [6, 6.07) is 21.4. The third kappa shape index (κ3) is 2.33. The first-order valence-electron chi connectivity index (χ1n) is 5.95. The third-order valence-electron chi connectivity index (χ3n) is 2.86. The Bertz CT molecular complexity index is 612. The zero-order valence-electron chi connectivity index (χ0n) is 9.95. The van der Waals surface area contributed by atoms with Crippen molar-refractivity contribution in [1.29, 1.82) is 0 Å². The van der Waals surface area contributed by atoms with Crippen LogP contribution in [0.1, 0.15) is 5.56 Å². The lowest BCUT2D eigenvalue weighted by molar-refractivity contribution is 0.687. The van der Waals surface area contributed by atoms with E-state index in [1.54, 1.807) is 0 Å². The molecule has 0 spiro atoms. The van der Waals surface area contributed by atoms with E-state index in [4.69, 9.17) is 0 Å². The number of benzene rings is 2. The van der Waals surface area contributed by atoms with Gasteiger partial charge in [0.05, 0.1) is 12.7 Å². The van der Waals surface area contributed by atoms with Crippen molar-refractivity contribution in [2.45, 2.75) is 6.54 Å². The van der Waals surface area contributed by atoms with E-state index >= 15 is 0 Å². The van der Waals surface area contributed by atoms with Crippen molar-refractivity contribution in [3.63, 3.8) is 0 Å². The van der Waals surface area contributed by atoms with E-state index in [0.717, 1.165) is 17.7 Å². The quantitative estimate of drug-likeness (QED) is 0.678. The zero-order valence-corrected chi connectivity index (χ0v) is 9.95. The van der Waals surface area contributed by atoms with Gasteiger partial charge in [0.2, 0.25) is 0 Å². The number of hydrogen-bond donors (Lipinski definition) is 0. The summed E-state index contributed by atoms with van der Waals surface area (Å²) in [5, 5.41) is 4.39. The van der Waals surface area contributed by atoms with Crippen molar-refractivity contribution in [2.75, 3.05) is 0 Å². The standard InChI is InChI=1S/C16H13N2/c1-3-7-14(8-4-1)12-18-13-16(11-17-18)15-9-5-2-6-10-15/h1-5,7-11,13H,12H2. The predicted molar refractivity (Wildman–Crippen MR) is 72.0 cm³/mol. The Morgan fingerprint density at radius 3 is 2.67 bits per heavy atom. The van der Waals surface area contributed by atoms with Gasteiger partial charge >= 0.3 is 0 Å². The molecule has 2 heteroatoms. The summed E-state index contributed by atoms with van der Waals surface area (Å²) in [7, 11) is 0. The Kier molecular flexibility index (Phi) is 2.92. The molecule has 1 aromatic heterocycles. The molecule has 0 bridgehead atoms. The first-order chi connectivity index (χ1) is 8.92. The van der Waals surface area contributed by atoms with Gasteiger partial charge in [-0.15, -0.1) is 0 Å². The minimum Gasteiger partial charge on any atom is -0.268 e. The van der Waals surface area contributed by atoms with Gasteiger partial charge in [-0.2, -0.15) is 5.10 Å². The van der Waals surface area contributed by atoms with Crippen molar-refractivity contribution in [3.05, 3.63) is 78.6 Å². The Morgan fingerprint density at radius 1 is 1.00 bits per heavy atom. The van der Waals surface area contributed by atoms with Gasteiger partial charge < -0.3 is 0 Å². The van der Waals surface area contributed by atoms with Crippen molar-refractivity contribution < 1.29 is 0 Å². The molecule has 0 atom stereocenters. The highest BCUT2D eigenvalue weighted by atomic mass is 15.3. The van der Waals surface area contributed by atoms with Crippen LogP contribution in [-0.4, -0.2) is 9.78 Å². The van der Waals surface area contributed by atoms with E-state index in [9.17, 15) is 0 Å². The van der Waals surface area contributed by atoms with Gasteiger partial charge in [0.15, 0.2) is 0 Å². The fourth-order valence-corrected chi connectivity index (χ4v) is 1.94. The maximum atomic E-state index is 4.39. The van der Waals surface area contributed by atoms with Crippen molar-refractivity contribution >= 4 is 0 Å². The molecule has 0 N–H and O–H groups in total. The summed E-state index contributed by atoms with van der Waals surface area (Å²) in [5.41, 5.74) is 3.53. The molecule has 0 saturated heterocycles. The number of hydrogen-bond acceptors (Lipinski definition) is 1. The Hall–Kier alpha value is -2.35. The predicted octanol–water partition coefficient (Wildman–Crippen LogP) is 3.40. The molecule has 0 aliphatic carbocycles. The largest absolute Gasteiger partial charge is 0.268 e. The van der Waals surface area contributed by atoms with E-state index in [1.165, 1.54) is 5.56 Å². The third-order valence-corrected chi connectivity index (χ3v) is 2.86. The molecule has 0 unspecified atom stereocenters. The first-order valence-corrected chi connectivity index (χ1v) is 5.95. The van der Waals surface area contributed by atoms with Crippen LogP contribution in [0.2, 0.25) is 0 Å². The van der Waals surface area contributed by atoms with Crippen molar-refractivity contribution in [2.24, 2.45) is 0 Å². The van der Waals surface area contributed by atoms with Crippen LogP contribution in [0.3, 0.4) is 0 Å². The van der Waals surface area contributed by atoms with Crippen LogP contribution in [0.5, 0.6) is 0 Å². The highest BCUT2D eigenvalue weighted by molar-refractivity contribution is 5.61. The fraction of sp³-hybridized carbons (Fsp3) is 0.0625. The van der Waals surface area contributed by atoms with Gasteiger partial charge in [0, 0.05) is 11.8 Å². The average molecular weight is 233 g/mol. The van der Waals surface area contributed by atoms with Crippen LogP contribution in [-0.2, 0) is 6.54 Å². The Labute approximate surface area is 107 Å². The number of aromatic nitrogens is 2. The minimum absolute atomic E-state index is 0.803. The molecule has 1 heterocycles. The summed E-state index contributed by atoms with van der Waals surface area (Å²) in [6.45, 7) is 0.803. The van der Waals surface area contributed by atoms with E-state index in [-0.39, 0.29) is 0 Å².